The fourth-order valence-electron chi connectivity index (χ4n) is 1.49. The number of carbonyl (C=O) groups excluding carboxylic acids is 1. The van der Waals surface area contributed by atoms with Crippen LogP contribution in [-0.4, -0.2) is 37.7 Å². The average Bonchev–Trinajstić information content (AvgIpc) is 2.27. The molecule has 2 N–H and O–H groups in total. The summed E-state index contributed by atoms with van der Waals surface area (Å²) in [5.41, 5.74) is 6.31. The first-order valence-electron chi connectivity index (χ1n) is 5.22. The maximum absolute atomic E-state index is 11.6. The van der Waals surface area contributed by atoms with E-state index in [0.717, 1.165) is 5.56 Å². The number of hydrogen-bond acceptors (Lipinski definition) is 4. The molecule has 0 saturated heterocycles. The summed E-state index contributed by atoms with van der Waals surface area (Å²) >= 11 is 0. The number of hydrogen-bond donors (Lipinski definition) is 1. The summed E-state index contributed by atoms with van der Waals surface area (Å²) in [6.07, 6.45) is 0.632. The second kappa shape index (κ2) is 6.25. The molecule has 0 amide bonds. The standard InChI is InChI=1S/C12H18N2O2/c1-14(2)11(12(15)16-9-13)8-10-6-4-3-5-7-10/h3-7,11H,8-9,13H2,1-2H3/t11-/m0/s1. The van der Waals surface area contributed by atoms with Crippen LogP contribution in [0, 0.1) is 0 Å². The second-order valence-corrected chi connectivity index (χ2v) is 3.80. The minimum absolute atomic E-state index is 0.0715. The summed E-state index contributed by atoms with van der Waals surface area (Å²) in [5, 5.41) is 0. The average molecular weight is 222 g/mol. The first kappa shape index (κ1) is 12.7. The van der Waals surface area contributed by atoms with Crippen molar-refractivity contribution in [2.24, 2.45) is 5.73 Å². The summed E-state index contributed by atoms with van der Waals surface area (Å²) in [6, 6.07) is 9.56. The van der Waals surface area contributed by atoms with E-state index < -0.39 is 0 Å². The molecular formula is C12H18N2O2. The molecule has 0 aromatic heterocycles. The number of carbonyl (C=O) groups is 1. The van der Waals surface area contributed by atoms with Crippen molar-refractivity contribution in [2.45, 2.75) is 12.5 Å². The first-order valence-corrected chi connectivity index (χ1v) is 5.22. The molecule has 1 aromatic rings. The Balaban J connectivity index is 2.69. The summed E-state index contributed by atoms with van der Waals surface area (Å²) in [7, 11) is 3.71. The van der Waals surface area contributed by atoms with E-state index in [-0.39, 0.29) is 18.7 Å². The Morgan fingerprint density at radius 1 is 1.38 bits per heavy atom. The van der Waals surface area contributed by atoms with Gasteiger partial charge in [-0.05, 0) is 26.1 Å². The van der Waals surface area contributed by atoms with E-state index in [4.69, 9.17) is 10.5 Å². The highest BCUT2D eigenvalue weighted by Gasteiger charge is 2.22. The lowest BCUT2D eigenvalue weighted by molar-refractivity contribution is -0.148. The van der Waals surface area contributed by atoms with E-state index in [1.165, 1.54) is 0 Å². The summed E-state index contributed by atoms with van der Waals surface area (Å²) in [4.78, 5) is 13.5. The molecule has 1 rings (SSSR count). The van der Waals surface area contributed by atoms with Gasteiger partial charge in [0.15, 0.2) is 0 Å². The molecule has 0 unspecified atom stereocenters. The quantitative estimate of drug-likeness (QED) is 0.586. The number of ether oxygens (including phenoxy) is 1. The van der Waals surface area contributed by atoms with Crippen LogP contribution < -0.4 is 5.73 Å². The van der Waals surface area contributed by atoms with E-state index >= 15 is 0 Å². The van der Waals surface area contributed by atoms with Crippen LogP contribution in [0.1, 0.15) is 5.56 Å². The maximum atomic E-state index is 11.6. The van der Waals surface area contributed by atoms with Gasteiger partial charge in [-0.1, -0.05) is 30.3 Å². The van der Waals surface area contributed by atoms with Crippen LogP contribution in [0.4, 0.5) is 0 Å². The number of nitrogens with two attached hydrogens (primary N) is 1. The molecule has 0 aliphatic carbocycles. The molecule has 0 aliphatic rings. The van der Waals surface area contributed by atoms with Crippen LogP contribution in [0.25, 0.3) is 0 Å². The third kappa shape index (κ3) is 3.64. The zero-order valence-electron chi connectivity index (χ0n) is 9.72. The predicted octanol–water partition coefficient (Wildman–Crippen LogP) is 0.619. The number of likely N-dealkylation sites (N-methyl/N-ethyl adjacent to an activating group) is 1. The van der Waals surface area contributed by atoms with Crippen molar-refractivity contribution in [1.82, 2.24) is 4.90 Å². The Kier molecular flexibility index (Phi) is 4.95. The smallest absolute Gasteiger partial charge is 0.324 e. The highest BCUT2D eigenvalue weighted by Crippen LogP contribution is 2.08. The van der Waals surface area contributed by atoms with E-state index in [2.05, 4.69) is 0 Å². The minimum atomic E-state index is -0.286. The zero-order valence-corrected chi connectivity index (χ0v) is 9.72. The Bertz CT molecular complexity index is 325. The van der Waals surface area contributed by atoms with Crippen molar-refractivity contribution in [3.63, 3.8) is 0 Å². The molecule has 0 fully saturated rings. The number of nitrogens with zero attached hydrogens (tertiary/aromatic N) is 1. The highest BCUT2D eigenvalue weighted by molar-refractivity contribution is 5.76. The van der Waals surface area contributed by atoms with Gasteiger partial charge in [0.1, 0.15) is 12.8 Å². The van der Waals surface area contributed by atoms with Crippen molar-refractivity contribution >= 4 is 5.97 Å². The third-order valence-corrected chi connectivity index (χ3v) is 2.39. The lowest BCUT2D eigenvalue weighted by atomic mass is 10.1. The van der Waals surface area contributed by atoms with Crippen LogP contribution >= 0.6 is 0 Å². The van der Waals surface area contributed by atoms with E-state index in [1.54, 1.807) is 0 Å². The van der Waals surface area contributed by atoms with E-state index in [9.17, 15) is 4.79 Å². The molecule has 1 atom stereocenters. The Morgan fingerprint density at radius 2 is 2.00 bits per heavy atom. The lowest BCUT2D eigenvalue weighted by Crippen LogP contribution is -2.39. The van der Waals surface area contributed by atoms with Gasteiger partial charge in [0.05, 0.1) is 0 Å². The van der Waals surface area contributed by atoms with Gasteiger partial charge in [-0.2, -0.15) is 0 Å². The largest absolute Gasteiger partial charge is 0.449 e. The molecule has 4 nitrogen and oxygen atoms in total. The van der Waals surface area contributed by atoms with Crippen LogP contribution in [0.3, 0.4) is 0 Å². The normalized spacial score (nSPS) is 12.5. The molecule has 0 radical (unpaired) electrons. The molecule has 1 aromatic carbocycles. The maximum Gasteiger partial charge on any atom is 0.324 e. The number of benzene rings is 1. The molecule has 88 valence electrons. The molecule has 0 aliphatic heterocycles. The van der Waals surface area contributed by atoms with Gasteiger partial charge in [-0.15, -0.1) is 0 Å². The Hall–Kier alpha value is -1.39. The molecule has 0 heterocycles. The van der Waals surface area contributed by atoms with Crippen LogP contribution in [0.5, 0.6) is 0 Å². The van der Waals surface area contributed by atoms with Crippen LogP contribution in [-0.2, 0) is 16.0 Å². The van der Waals surface area contributed by atoms with Crippen molar-refractivity contribution < 1.29 is 9.53 Å². The third-order valence-electron chi connectivity index (χ3n) is 2.39. The van der Waals surface area contributed by atoms with Crippen molar-refractivity contribution in [2.75, 3.05) is 20.8 Å². The van der Waals surface area contributed by atoms with E-state index in [0.29, 0.717) is 6.42 Å². The van der Waals surface area contributed by atoms with Gasteiger partial charge in [0.2, 0.25) is 0 Å². The van der Waals surface area contributed by atoms with Crippen LogP contribution in [0.15, 0.2) is 30.3 Å². The summed E-state index contributed by atoms with van der Waals surface area (Å²) in [5.74, 6) is -0.281. The molecular weight excluding hydrogens is 204 g/mol. The monoisotopic (exact) mass is 222 g/mol. The first-order chi connectivity index (χ1) is 7.65. The fraction of sp³-hybridized carbons (Fsp3) is 0.417. The second-order valence-electron chi connectivity index (χ2n) is 3.80. The SMILES string of the molecule is CN(C)[C@@H](Cc1ccccc1)C(=O)OCN. The topological polar surface area (TPSA) is 55.6 Å². The van der Waals surface area contributed by atoms with Gasteiger partial charge in [-0.3, -0.25) is 15.4 Å². The van der Waals surface area contributed by atoms with Gasteiger partial charge < -0.3 is 4.74 Å². The predicted molar refractivity (Wildman–Crippen MR) is 62.8 cm³/mol. The van der Waals surface area contributed by atoms with Gasteiger partial charge in [0, 0.05) is 0 Å². The summed E-state index contributed by atoms with van der Waals surface area (Å²) in [6.45, 7) is -0.0715. The minimum Gasteiger partial charge on any atom is -0.449 e. The van der Waals surface area contributed by atoms with Crippen LogP contribution in [0.2, 0.25) is 0 Å². The van der Waals surface area contributed by atoms with E-state index in [1.807, 2.05) is 49.3 Å². The lowest BCUT2D eigenvalue weighted by Gasteiger charge is -2.22. The molecule has 4 heteroatoms. The summed E-state index contributed by atoms with van der Waals surface area (Å²) < 4.78 is 4.83. The number of rotatable bonds is 5. The fourth-order valence-corrected chi connectivity index (χ4v) is 1.49. The van der Waals surface area contributed by atoms with Gasteiger partial charge >= 0.3 is 5.97 Å². The molecule has 0 spiro atoms. The van der Waals surface area contributed by atoms with Gasteiger partial charge in [0.25, 0.3) is 0 Å². The zero-order chi connectivity index (χ0) is 12.0. The Labute approximate surface area is 96.0 Å². The molecule has 16 heavy (non-hydrogen) atoms. The Morgan fingerprint density at radius 3 is 2.50 bits per heavy atom. The molecule has 0 bridgehead atoms. The molecule has 0 saturated carbocycles. The van der Waals surface area contributed by atoms with Gasteiger partial charge in [-0.25, -0.2) is 0 Å². The highest BCUT2D eigenvalue weighted by atomic mass is 16.5. The number of esters is 1. The van der Waals surface area contributed by atoms with Crippen molar-refractivity contribution in [3.05, 3.63) is 35.9 Å². The van der Waals surface area contributed by atoms with Crippen molar-refractivity contribution in [3.8, 4) is 0 Å². The van der Waals surface area contributed by atoms with Crippen molar-refractivity contribution in [1.29, 1.82) is 0 Å².